The maximum atomic E-state index is 12.1. The van der Waals surface area contributed by atoms with Gasteiger partial charge in [-0.25, -0.2) is 5.10 Å². The van der Waals surface area contributed by atoms with Gasteiger partial charge in [-0.1, -0.05) is 0 Å². The number of hydrogen-bond acceptors (Lipinski definition) is 5. The normalized spacial score (nSPS) is 18.7. The average molecular weight is 281 g/mol. The summed E-state index contributed by atoms with van der Waals surface area (Å²) in [5.74, 6) is -0.354. The van der Waals surface area contributed by atoms with Crippen LogP contribution in [0.5, 0.6) is 6.01 Å². The Morgan fingerprint density at radius 3 is 2.95 bits per heavy atom. The highest BCUT2D eigenvalue weighted by atomic mass is 16.5. The third-order valence-corrected chi connectivity index (χ3v) is 3.13. The molecule has 0 spiro atoms. The minimum Gasteiger partial charge on any atom is -0.463 e. The molecular weight excluding hydrogens is 262 g/mol. The zero-order valence-corrected chi connectivity index (χ0v) is 11.8. The minimum absolute atomic E-state index is 0.00715. The van der Waals surface area contributed by atoms with Gasteiger partial charge in [-0.15, -0.1) is 5.10 Å². The van der Waals surface area contributed by atoms with E-state index in [9.17, 15) is 9.59 Å². The standard InChI is InChI=1S/C12H19N5O3/c1-4-20-12-14-11(15-16-12)13-10(19)8-5-9(18)17(6-8)7(2)3/h7-8H,4-6H2,1-3H3,(H2,13,14,15,16,19). The summed E-state index contributed by atoms with van der Waals surface area (Å²) in [5.41, 5.74) is 0. The van der Waals surface area contributed by atoms with Crippen molar-refractivity contribution in [2.24, 2.45) is 5.92 Å². The van der Waals surface area contributed by atoms with E-state index in [1.807, 2.05) is 20.8 Å². The number of carbonyl (C=O) groups excluding carboxylic acids is 2. The molecule has 1 saturated heterocycles. The number of nitrogens with one attached hydrogen (secondary N) is 2. The minimum atomic E-state index is -0.356. The van der Waals surface area contributed by atoms with Crippen LogP contribution in [0.3, 0.4) is 0 Å². The van der Waals surface area contributed by atoms with Gasteiger partial charge in [0.25, 0.3) is 0 Å². The molecule has 2 heterocycles. The molecule has 2 rings (SSSR count). The molecule has 8 nitrogen and oxygen atoms in total. The number of carbonyl (C=O) groups is 2. The van der Waals surface area contributed by atoms with E-state index in [4.69, 9.17) is 4.74 Å². The molecule has 2 N–H and O–H groups in total. The van der Waals surface area contributed by atoms with Gasteiger partial charge in [0.05, 0.1) is 12.5 Å². The van der Waals surface area contributed by atoms with Gasteiger partial charge in [0.2, 0.25) is 17.8 Å². The second-order valence-corrected chi connectivity index (χ2v) is 4.93. The van der Waals surface area contributed by atoms with Crippen molar-refractivity contribution in [1.82, 2.24) is 20.1 Å². The molecule has 2 amide bonds. The fourth-order valence-electron chi connectivity index (χ4n) is 2.12. The smallest absolute Gasteiger partial charge is 0.337 e. The fourth-order valence-corrected chi connectivity index (χ4v) is 2.12. The number of likely N-dealkylation sites (tertiary alicyclic amines) is 1. The van der Waals surface area contributed by atoms with E-state index in [-0.39, 0.29) is 42.2 Å². The maximum Gasteiger partial charge on any atom is 0.337 e. The number of hydrogen-bond donors (Lipinski definition) is 2. The summed E-state index contributed by atoms with van der Waals surface area (Å²) >= 11 is 0. The molecule has 0 radical (unpaired) electrons. The van der Waals surface area contributed by atoms with E-state index in [0.717, 1.165) is 0 Å². The van der Waals surface area contributed by atoms with Gasteiger partial charge >= 0.3 is 6.01 Å². The SMILES string of the molecule is CCOc1n[nH]c(NC(=O)C2CC(=O)N(C(C)C)C2)n1. The van der Waals surface area contributed by atoms with Gasteiger partial charge in [-0.2, -0.15) is 4.98 Å². The van der Waals surface area contributed by atoms with E-state index >= 15 is 0 Å². The Morgan fingerprint density at radius 1 is 1.60 bits per heavy atom. The lowest BCUT2D eigenvalue weighted by atomic mass is 10.1. The van der Waals surface area contributed by atoms with Crippen molar-refractivity contribution in [2.75, 3.05) is 18.5 Å². The van der Waals surface area contributed by atoms with Gasteiger partial charge in [0.1, 0.15) is 0 Å². The highest BCUT2D eigenvalue weighted by Gasteiger charge is 2.35. The number of aromatic amines is 1. The Labute approximate surface area is 116 Å². The molecule has 1 atom stereocenters. The Bertz CT molecular complexity index is 499. The predicted octanol–water partition coefficient (Wildman–Crippen LogP) is 0.399. The first-order valence-corrected chi connectivity index (χ1v) is 6.66. The number of amides is 2. The molecule has 1 fully saturated rings. The van der Waals surface area contributed by atoms with Crippen LogP contribution in [0.4, 0.5) is 5.95 Å². The summed E-state index contributed by atoms with van der Waals surface area (Å²) in [6.07, 6.45) is 0.233. The van der Waals surface area contributed by atoms with Crippen molar-refractivity contribution in [1.29, 1.82) is 0 Å². The largest absolute Gasteiger partial charge is 0.463 e. The summed E-state index contributed by atoms with van der Waals surface area (Å²) < 4.78 is 5.09. The first-order chi connectivity index (χ1) is 9.51. The molecular formula is C12H19N5O3. The highest BCUT2D eigenvalue weighted by molar-refractivity contribution is 5.96. The lowest BCUT2D eigenvalue weighted by Gasteiger charge is -2.20. The molecule has 1 unspecified atom stereocenters. The third-order valence-electron chi connectivity index (χ3n) is 3.13. The average Bonchev–Trinajstić information content (AvgIpc) is 2.96. The summed E-state index contributed by atoms with van der Waals surface area (Å²) in [7, 11) is 0. The first kappa shape index (κ1) is 14.3. The van der Waals surface area contributed by atoms with Crippen LogP contribution in [0.25, 0.3) is 0 Å². The van der Waals surface area contributed by atoms with E-state index in [1.165, 1.54) is 0 Å². The molecule has 110 valence electrons. The van der Waals surface area contributed by atoms with Crippen LogP contribution in [0.1, 0.15) is 27.2 Å². The molecule has 1 aromatic rings. The quantitative estimate of drug-likeness (QED) is 0.813. The fraction of sp³-hybridized carbons (Fsp3) is 0.667. The van der Waals surface area contributed by atoms with Crippen molar-refractivity contribution in [3.05, 3.63) is 0 Å². The van der Waals surface area contributed by atoms with Gasteiger partial charge in [-0.3, -0.25) is 14.9 Å². The van der Waals surface area contributed by atoms with Crippen LogP contribution < -0.4 is 10.1 Å². The molecule has 20 heavy (non-hydrogen) atoms. The number of anilines is 1. The third kappa shape index (κ3) is 3.06. The van der Waals surface area contributed by atoms with Crippen LogP contribution >= 0.6 is 0 Å². The van der Waals surface area contributed by atoms with Gasteiger partial charge in [0, 0.05) is 19.0 Å². The molecule has 0 aromatic carbocycles. The van der Waals surface area contributed by atoms with Gasteiger partial charge < -0.3 is 9.64 Å². The number of nitrogens with zero attached hydrogens (tertiary/aromatic N) is 3. The van der Waals surface area contributed by atoms with Crippen LogP contribution in [0.15, 0.2) is 0 Å². The molecule has 0 aliphatic carbocycles. The lowest BCUT2D eigenvalue weighted by molar-refractivity contribution is -0.129. The summed E-state index contributed by atoms with van der Waals surface area (Å²) in [6, 6.07) is 0.296. The second-order valence-electron chi connectivity index (χ2n) is 4.93. The van der Waals surface area contributed by atoms with Crippen molar-refractivity contribution in [3.8, 4) is 6.01 Å². The van der Waals surface area contributed by atoms with Crippen LogP contribution in [0, 0.1) is 5.92 Å². The van der Waals surface area contributed by atoms with Crippen molar-refractivity contribution < 1.29 is 14.3 Å². The first-order valence-electron chi connectivity index (χ1n) is 6.66. The molecule has 1 aromatic heterocycles. The monoisotopic (exact) mass is 281 g/mol. The summed E-state index contributed by atoms with van der Waals surface area (Å²) in [4.78, 5) is 29.5. The van der Waals surface area contributed by atoms with E-state index in [0.29, 0.717) is 13.2 Å². The van der Waals surface area contributed by atoms with Gasteiger partial charge in [0.15, 0.2) is 0 Å². The van der Waals surface area contributed by atoms with E-state index in [1.54, 1.807) is 4.90 Å². The Balaban J connectivity index is 1.93. The number of rotatable bonds is 5. The molecule has 0 saturated carbocycles. The summed E-state index contributed by atoms with van der Waals surface area (Å²) in [6.45, 7) is 6.58. The van der Waals surface area contributed by atoms with E-state index in [2.05, 4.69) is 20.5 Å². The summed E-state index contributed by atoms with van der Waals surface area (Å²) in [5, 5.41) is 8.98. The van der Waals surface area contributed by atoms with Crippen molar-refractivity contribution >= 4 is 17.8 Å². The lowest BCUT2D eigenvalue weighted by Crippen LogP contribution is -2.33. The Kier molecular flexibility index (Phi) is 4.21. The molecule has 0 bridgehead atoms. The highest BCUT2D eigenvalue weighted by Crippen LogP contribution is 2.21. The zero-order valence-electron chi connectivity index (χ0n) is 11.8. The van der Waals surface area contributed by atoms with Crippen LogP contribution in [-0.4, -0.2) is 51.1 Å². The molecule has 1 aliphatic heterocycles. The number of aromatic nitrogens is 3. The zero-order chi connectivity index (χ0) is 14.7. The number of H-pyrrole nitrogens is 1. The number of ether oxygens (including phenoxy) is 1. The Hall–Kier alpha value is -2.12. The molecule has 8 heteroatoms. The van der Waals surface area contributed by atoms with E-state index < -0.39 is 0 Å². The Morgan fingerprint density at radius 2 is 2.35 bits per heavy atom. The topological polar surface area (TPSA) is 100 Å². The predicted molar refractivity (Wildman–Crippen MR) is 71.1 cm³/mol. The maximum absolute atomic E-state index is 12.1. The molecule has 1 aliphatic rings. The van der Waals surface area contributed by atoms with Gasteiger partial charge in [-0.05, 0) is 20.8 Å². The van der Waals surface area contributed by atoms with Crippen LogP contribution in [0.2, 0.25) is 0 Å². The second kappa shape index (κ2) is 5.89. The van der Waals surface area contributed by atoms with Crippen molar-refractivity contribution in [3.63, 3.8) is 0 Å². The van der Waals surface area contributed by atoms with Crippen molar-refractivity contribution in [2.45, 2.75) is 33.2 Å². The van der Waals surface area contributed by atoms with Crippen LogP contribution in [-0.2, 0) is 9.59 Å².